The molecule has 0 aliphatic rings. The van der Waals surface area contributed by atoms with Gasteiger partial charge in [-0.1, -0.05) is 5.69 Å². The third-order valence-electron chi connectivity index (χ3n) is 1.21. The van der Waals surface area contributed by atoms with Crippen LogP contribution in [0.25, 0.3) is 0 Å². The van der Waals surface area contributed by atoms with E-state index in [1.54, 1.807) is 0 Å². The summed E-state index contributed by atoms with van der Waals surface area (Å²) in [6.45, 7) is 0. The molecule has 0 N–H and O–H groups in total. The van der Waals surface area contributed by atoms with Gasteiger partial charge in [0.05, 0.1) is 0 Å². The molecule has 0 aromatic heterocycles. The van der Waals surface area contributed by atoms with Gasteiger partial charge in [-0.25, -0.2) is 0 Å². The van der Waals surface area contributed by atoms with Gasteiger partial charge >= 0.3 is 30.0 Å². The first-order chi connectivity index (χ1) is 5.30. The monoisotopic (exact) mass is 263 g/mol. The van der Waals surface area contributed by atoms with Crippen molar-refractivity contribution in [3.05, 3.63) is 30.3 Å². The van der Waals surface area contributed by atoms with Crippen LogP contribution in [0.2, 0.25) is 0 Å². The van der Waals surface area contributed by atoms with Crippen molar-refractivity contribution < 1.29 is 16.3 Å². The van der Waals surface area contributed by atoms with Crippen LogP contribution in [0.15, 0.2) is 24.3 Å². The molecule has 56 valence electrons. The first-order valence-electron chi connectivity index (χ1n) is 3.21. The van der Waals surface area contributed by atoms with Crippen LogP contribution < -0.4 is 4.90 Å². The van der Waals surface area contributed by atoms with E-state index in [4.69, 9.17) is 0 Å². The van der Waals surface area contributed by atoms with Crippen molar-refractivity contribution >= 4 is 19.3 Å². The zero-order chi connectivity index (χ0) is 8.69. The third-order valence-corrected chi connectivity index (χ3v) is 1.21. The Morgan fingerprint density at radius 3 is 2.36 bits per heavy atom. The summed E-state index contributed by atoms with van der Waals surface area (Å²) in [5, 5.41) is 0. The predicted octanol–water partition coefficient (Wildman–Crippen LogP) is 2.40. The van der Waals surface area contributed by atoms with E-state index in [0.717, 1.165) is 0 Å². The molecular formula is C8H10BrNZn. The van der Waals surface area contributed by atoms with Crippen LogP contribution in [-0.2, 0) is 16.3 Å². The number of halogens is 1. The molecule has 0 amide bonds. The molecule has 0 atom stereocenters. The SMILES string of the molecule is CN(C)c1c[c-]ccc1.[Zn+][Br]. The van der Waals surface area contributed by atoms with Gasteiger partial charge in [0.2, 0.25) is 0 Å². The van der Waals surface area contributed by atoms with Crippen LogP contribution in [0.4, 0.5) is 5.69 Å². The van der Waals surface area contributed by atoms with Crippen LogP contribution in [0, 0.1) is 6.07 Å². The third kappa shape index (κ3) is 4.55. The Morgan fingerprint density at radius 2 is 2.09 bits per heavy atom. The summed E-state index contributed by atoms with van der Waals surface area (Å²) in [6, 6.07) is 10.9. The van der Waals surface area contributed by atoms with Crippen LogP contribution >= 0.6 is 13.6 Å². The molecule has 0 spiro atoms. The molecule has 0 bridgehead atoms. The fourth-order valence-corrected chi connectivity index (χ4v) is 0.662. The van der Waals surface area contributed by atoms with Crippen LogP contribution in [-0.4, -0.2) is 14.1 Å². The molecule has 0 saturated carbocycles. The van der Waals surface area contributed by atoms with E-state index in [0.29, 0.717) is 0 Å². The summed E-state index contributed by atoms with van der Waals surface area (Å²) in [6.07, 6.45) is 0. The van der Waals surface area contributed by atoms with Crippen molar-refractivity contribution in [3.63, 3.8) is 0 Å². The Morgan fingerprint density at radius 1 is 1.45 bits per heavy atom. The van der Waals surface area contributed by atoms with Crippen molar-refractivity contribution in [2.75, 3.05) is 19.0 Å². The Balaban J connectivity index is 0.000000461. The van der Waals surface area contributed by atoms with Crippen LogP contribution in [0.1, 0.15) is 0 Å². The van der Waals surface area contributed by atoms with E-state index in [2.05, 4.69) is 30.7 Å². The van der Waals surface area contributed by atoms with Gasteiger partial charge in [0.15, 0.2) is 0 Å². The Kier molecular flexibility index (Phi) is 6.89. The zero-order valence-corrected chi connectivity index (χ0v) is 11.4. The van der Waals surface area contributed by atoms with E-state index in [-0.39, 0.29) is 0 Å². The summed E-state index contributed by atoms with van der Waals surface area (Å²) in [5.74, 6) is 0. The van der Waals surface area contributed by atoms with Gasteiger partial charge in [-0.3, -0.25) is 0 Å². The molecule has 0 heterocycles. The summed E-state index contributed by atoms with van der Waals surface area (Å²) in [5.41, 5.74) is 1.19. The van der Waals surface area contributed by atoms with Gasteiger partial charge in [-0.05, 0) is 14.1 Å². The first kappa shape index (κ1) is 11.1. The Bertz CT molecular complexity index is 177. The predicted molar refractivity (Wildman–Crippen MR) is 48.5 cm³/mol. The molecule has 1 nitrogen and oxygen atoms in total. The molecule has 11 heavy (non-hydrogen) atoms. The number of benzene rings is 1. The van der Waals surface area contributed by atoms with E-state index in [1.165, 1.54) is 22.0 Å². The Hall–Kier alpha value is 0.123. The van der Waals surface area contributed by atoms with E-state index < -0.39 is 0 Å². The number of hydrogen-bond donors (Lipinski definition) is 0. The van der Waals surface area contributed by atoms with Crippen LogP contribution in [0.5, 0.6) is 0 Å². The molecule has 1 aromatic carbocycles. The fourth-order valence-electron chi connectivity index (χ4n) is 0.662. The number of hydrogen-bond acceptors (Lipinski definition) is 1. The second-order valence-corrected chi connectivity index (χ2v) is 2.16. The van der Waals surface area contributed by atoms with Crippen molar-refractivity contribution in [1.29, 1.82) is 0 Å². The minimum atomic E-state index is 1.19. The molecule has 0 radical (unpaired) electrons. The molecular weight excluding hydrogens is 255 g/mol. The van der Waals surface area contributed by atoms with E-state index >= 15 is 0 Å². The van der Waals surface area contributed by atoms with E-state index in [9.17, 15) is 0 Å². The average Bonchev–Trinajstić information content (AvgIpc) is 2.10. The molecule has 0 fully saturated rings. The molecule has 0 aliphatic carbocycles. The van der Waals surface area contributed by atoms with Crippen molar-refractivity contribution in [1.82, 2.24) is 0 Å². The number of rotatable bonds is 1. The van der Waals surface area contributed by atoms with Gasteiger partial charge in [-0.15, -0.1) is 6.07 Å². The van der Waals surface area contributed by atoms with Gasteiger partial charge < -0.3 is 4.90 Å². The number of anilines is 1. The molecule has 3 heteroatoms. The van der Waals surface area contributed by atoms with Crippen LogP contribution in [0.3, 0.4) is 0 Å². The normalized spacial score (nSPS) is 8.09. The van der Waals surface area contributed by atoms with Gasteiger partial charge in [0.25, 0.3) is 0 Å². The first-order valence-corrected chi connectivity index (χ1v) is 10.2. The van der Waals surface area contributed by atoms with Gasteiger partial charge in [0.1, 0.15) is 0 Å². The maximum atomic E-state index is 3.06. The second-order valence-electron chi connectivity index (χ2n) is 2.16. The maximum absolute atomic E-state index is 3.06. The van der Waals surface area contributed by atoms with Gasteiger partial charge in [0, 0.05) is 0 Å². The topological polar surface area (TPSA) is 3.24 Å². The average molecular weight is 265 g/mol. The standard InChI is InChI=1S/C8H10N.BrH.Zn/c1-9(2)8-6-4-3-5-7-8;;/h3-4,6-7H,1-2H3;1H;/q-1;;+2/p-1. The fraction of sp³-hybridized carbons (Fsp3) is 0.250. The van der Waals surface area contributed by atoms with Gasteiger partial charge in [-0.2, -0.15) is 24.3 Å². The molecule has 1 rings (SSSR count). The van der Waals surface area contributed by atoms with Crippen molar-refractivity contribution in [2.24, 2.45) is 0 Å². The molecule has 0 saturated heterocycles. The minimum absolute atomic E-state index is 1.19. The summed E-state index contributed by atoms with van der Waals surface area (Å²) < 4.78 is 0. The number of nitrogens with zero attached hydrogens (tertiary/aromatic N) is 1. The zero-order valence-electron chi connectivity index (χ0n) is 6.84. The molecule has 0 unspecified atom stereocenters. The van der Waals surface area contributed by atoms with E-state index in [1.807, 2.05) is 32.3 Å². The Labute approximate surface area is 84.8 Å². The second kappa shape index (κ2) is 6.81. The quantitative estimate of drug-likeness (QED) is 0.557. The summed E-state index contributed by atoms with van der Waals surface area (Å²) in [4.78, 5) is 2.05. The molecule has 1 aromatic rings. The summed E-state index contributed by atoms with van der Waals surface area (Å²) >= 11 is 4.25. The summed E-state index contributed by atoms with van der Waals surface area (Å²) in [7, 11) is 4.03. The van der Waals surface area contributed by atoms with Crippen molar-refractivity contribution in [3.8, 4) is 0 Å². The van der Waals surface area contributed by atoms with Crippen molar-refractivity contribution in [2.45, 2.75) is 0 Å². The molecule has 0 aliphatic heterocycles.